The molecule has 0 N–H and O–H groups in total. The smallest absolute Gasteiger partial charge is 0.323 e. The predicted octanol–water partition coefficient (Wildman–Crippen LogP) is 2.92. The number of amides is 2. The van der Waals surface area contributed by atoms with Crippen LogP contribution in [0.5, 0.6) is 0 Å². The number of methoxy groups -OCH3 is 2. The van der Waals surface area contributed by atoms with Gasteiger partial charge < -0.3 is 9.47 Å². The van der Waals surface area contributed by atoms with Crippen LogP contribution in [-0.2, 0) is 28.7 Å². The van der Waals surface area contributed by atoms with Crippen molar-refractivity contribution >= 4 is 31.8 Å². The third-order valence-electron chi connectivity index (χ3n) is 8.28. The number of likely N-dealkylation sites (tertiary alicyclic amines) is 1. The molecule has 3 aliphatic rings. The van der Waals surface area contributed by atoms with Gasteiger partial charge >= 0.3 is 11.9 Å². The Morgan fingerprint density at radius 1 is 1.00 bits per heavy atom. The Labute approximate surface area is 179 Å². The van der Waals surface area contributed by atoms with Gasteiger partial charge in [-0.25, -0.2) is 0 Å². The van der Waals surface area contributed by atoms with Crippen molar-refractivity contribution in [3.8, 4) is 0 Å². The lowest BCUT2D eigenvalue weighted by Gasteiger charge is -2.45. The molecule has 1 heterocycles. The van der Waals surface area contributed by atoms with Crippen molar-refractivity contribution in [1.82, 2.24) is 4.90 Å². The van der Waals surface area contributed by atoms with Crippen molar-refractivity contribution in [1.29, 1.82) is 0 Å². The summed E-state index contributed by atoms with van der Waals surface area (Å²) in [4.78, 5) is 53.0. The SMILES string of the molecule is CC[Si](CC)(CC)[C@@H]1C2=C(C[C@H]3C(=O)N(C)C(=O)[C@@H]13)CC(C(=O)OC)(C(=O)OC)C2. The fourth-order valence-corrected chi connectivity index (χ4v) is 11.4. The molecule has 8 heteroatoms. The minimum Gasteiger partial charge on any atom is -0.468 e. The molecular formula is C22H33NO6Si. The minimum absolute atomic E-state index is 0.0381. The fraction of sp³-hybridized carbons (Fsp3) is 0.727. The van der Waals surface area contributed by atoms with E-state index in [1.54, 1.807) is 7.05 Å². The first-order valence-corrected chi connectivity index (χ1v) is 13.6. The second-order valence-corrected chi connectivity index (χ2v) is 14.5. The van der Waals surface area contributed by atoms with E-state index >= 15 is 0 Å². The van der Waals surface area contributed by atoms with Gasteiger partial charge in [0.2, 0.25) is 11.8 Å². The van der Waals surface area contributed by atoms with Crippen molar-refractivity contribution in [3.05, 3.63) is 11.1 Å². The quantitative estimate of drug-likeness (QED) is 0.209. The molecule has 3 atom stereocenters. The van der Waals surface area contributed by atoms with Gasteiger partial charge in [-0.3, -0.25) is 24.1 Å². The molecule has 1 saturated heterocycles. The summed E-state index contributed by atoms with van der Waals surface area (Å²) in [6.45, 7) is 6.53. The number of rotatable bonds is 6. The zero-order chi connectivity index (χ0) is 22.4. The van der Waals surface area contributed by atoms with Gasteiger partial charge in [0.1, 0.15) is 0 Å². The molecule has 0 unspecified atom stereocenters. The Balaban J connectivity index is 2.18. The number of fused-ring (bicyclic) bond motifs is 1. The number of esters is 2. The van der Waals surface area contributed by atoms with Crippen LogP contribution in [0.2, 0.25) is 23.7 Å². The molecule has 166 valence electrons. The van der Waals surface area contributed by atoms with Crippen LogP contribution in [0.1, 0.15) is 40.0 Å². The summed E-state index contributed by atoms with van der Waals surface area (Å²) < 4.78 is 10.0. The van der Waals surface area contributed by atoms with E-state index in [9.17, 15) is 19.2 Å². The lowest BCUT2D eigenvalue weighted by molar-refractivity contribution is -0.168. The zero-order valence-corrected chi connectivity index (χ0v) is 19.9. The number of allylic oxidation sites excluding steroid dienone is 2. The number of hydrogen-bond acceptors (Lipinski definition) is 6. The Morgan fingerprint density at radius 2 is 1.53 bits per heavy atom. The predicted molar refractivity (Wildman–Crippen MR) is 113 cm³/mol. The van der Waals surface area contributed by atoms with Gasteiger partial charge in [0, 0.05) is 7.05 Å². The summed E-state index contributed by atoms with van der Waals surface area (Å²) in [6, 6.07) is 2.96. The van der Waals surface area contributed by atoms with E-state index in [1.807, 2.05) is 0 Å². The summed E-state index contributed by atoms with van der Waals surface area (Å²) in [5, 5.41) is 0. The average molecular weight is 436 g/mol. The van der Waals surface area contributed by atoms with Crippen LogP contribution in [0, 0.1) is 17.3 Å². The average Bonchev–Trinajstić information content (AvgIpc) is 3.26. The Kier molecular flexibility index (Phi) is 6.01. The Hall–Kier alpha value is -1.96. The normalized spacial score (nSPS) is 27.8. The van der Waals surface area contributed by atoms with Crippen LogP contribution in [0.15, 0.2) is 11.1 Å². The molecule has 0 aromatic heterocycles. The van der Waals surface area contributed by atoms with Crippen LogP contribution in [-0.4, -0.2) is 58.0 Å². The molecule has 30 heavy (non-hydrogen) atoms. The summed E-state index contributed by atoms with van der Waals surface area (Å²) in [5.74, 6) is -2.21. The van der Waals surface area contributed by atoms with Gasteiger partial charge in [-0.2, -0.15) is 0 Å². The van der Waals surface area contributed by atoms with Gasteiger partial charge in [-0.05, 0) is 24.8 Å². The third-order valence-corrected chi connectivity index (χ3v) is 14.5. The van der Waals surface area contributed by atoms with Gasteiger partial charge in [0.25, 0.3) is 0 Å². The summed E-state index contributed by atoms with van der Waals surface area (Å²) in [6.07, 6.45) is 0.881. The van der Waals surface area contributed by atoms with E-state index in [1.165, 1.54) is 19.1 Å². The monoisotopic (exact) mass is 435 g/mol. The molecule has 0 aromatic carbocycles. The minimum atomic E-state index is -2.00. The van der Waals surface area contributed by atoms with E-state index in [0.29, 0.717) is 6.42 Å². The molecule has 0 spiro atoms. The number of carbonyl (C=O) groups is 4. The number of ether oxygens (including phenoxy) is 2. The van der Waals surface area contributed by atoms with Crippen LogP contribution in [0.3, 0.4) is 0 Å². The summed E-state index contributed by atoms with van der Waals surface area (Å²) in [7, 11) is 2.13. The van der Waals surface area contributed by atoms with Gasteiger partial charge in [0.15, 0.2) is 5.41 Å². The molecule has 0 radical (unpaired) electrons. The van der Waals surface area contributed by atoms with E-state index in [-0.39, 0.29) is 36.1 Å². The first-order valence-electron chi connectivity index (χ1n) is 10.9. The van der Waals surface area contributed by atoms with E-state index in [2.05, 4.69) is 20.8 Å². The molecule has 7 nitrogen and oxygen atoms in total. The van der Waals surface area contributed by atoms with Crippen LogP contribution >= 0.6 is 0 Å². The first kappa shape index (κ1) is 22.7. The van der Waals surface area contributed by atoms with E-state index in [0.717, 1.165) is 29.3 Å². The topological polar surface area (TPSA) is 90.0 Å². The highest BCUT2D eigenvalue weighted by molar-refractivity contribution is 6.82. The van der Waals surface area contributed by atoms with Crippen molar-refractivity contribution in [2.75, 3.05) is 21.3 Å². The Bertz CT molecular complexity index is 790. The standard InChI is InChI=1S/C22H33NO6Si/c1-7-30(8-2,9-3)17-15-12-22(20(26)28-5,21(27)29-6)11-13(15)10-14-16(17)19(25)23(4)18(14)24/h14,16-17H,7-12H2,1-6H3/t14-,16-,17-/m1/s1. The van der Waals surface area contributed by atoms with Gasteiger partial charge in [-0.15, -0.1) is 0 Å². The number of carbonyl (C=O) groups excluding carboxylic acids is 4. The fourth-order valence-electron chi connectivity index (χ4n) is 6.42. The second-order valence-electron chi connectivity index (χ2n) is 9.02. The maximum absolute atomic E-state index is 13.2. The molecule has 0 bridgehead atoms. The molecular weight excluding hydrogens is 402 g/mol. The van der Waals surface area contributed by atoms with Crippen LogP contribution < -0.4 is 0 Å². The Morgan fingerprint density at radius 3 is 2.00 bits per heavy atom. The van der Waals surface area contributed by atoms with Gasteiger partial charge in [0.05, 0.1) is 34.1 Å². The third kappa shape index (κ3) is 2.90. The molecule has 0 saturated carbocycles. The van der Waals surface area contributed by atoms with Crippen LogP contribution in [0.25, 0.3) is 0 Å². The van der Waals surface area contributed by atoms with E-state index in [4.69, 9.17) is 9.47 Å². The highest BCUT2D eigenvalue weighted by atomic mass is 28.3. The number of hydrogen-bond donors (Lipinski definition) is 0. The van der Waals surface area contributed by atoms with Gasteiger partial charge in [-0.1, -0.05) is 50.0 Å². The molecule has 1 fully saturated rings. The van der Waals surface area contributed by atoms with Crippen molar-refractivity contribution in [2.24, 2.45) is 17.3 Å². The largest absolute Gasteiger partial charge is 0.468 e. The second kappa shape index (κ2) is 7.94. The number of imide groups is 1. The number of nitrogens with zero attached hydrogens (tertiary/aromatic N) is 1. The van der Waals surface area contributed by atoms with Crippen LogP contribution in [0.4, 0.5) is 0 Å². The molecule has 1 aliphatic heterocycles. The summed E-state index contributed by atoms with van der Waals surface area (Å²) in [5.41, 5.74) is 0.601. The van der Waals surface area contributed by atoms with E-state index < -0.39 is 31.3 Å². The highest BCUT2D eigenvalue weighted by Crippen LogP contribution is 2.61. The zero-order valence-electron chi connectivity index (χ0n) is 18.9. The highest BCUT2D eigenvalue weighted by Gasteiger charge is 2.63. The summed E-state index contributed by atoms with van der Waals surface area (Å²) >= 11 is 0. The lowest BCUT2D eigenvalue weighted by atomic mass is 9.77. The lowest BCUT2D eigenvalue weighted by Crippen LogP contribution is -2.47. The van der Waals surface area contributed by atoms with Crippen molar-refractivity contribution in [2.45, 2.75) is 63.7 Å². The molecule has 2 aliphatic carbocycles. The first-order chi connectivity index (χ1) is 14.2. The molecule has 3 rings (SSSR count). The van der Waals surface area contributed by atoms with Crippen molar-refractivity contribution < 1.29 is 28.7 Å². The maximum atomic E-state index is 13.2. The maximum Gasteiger partial charge on any atom is 0.323 e. The molecule has 0 aromatic rings. The molecule has 2 amide bonds. The van der Waals surface area contributed by atoms with Crippen molar-refractivity contribution in [3.63, 3.8) is 0 Å².